The molecule has 2 aromatic carbocycles. The Morgan fingerprint density at radius 2 is 1.70 bits per heavy atom. The van der Waals surface area contributed by atoms with E-state index in [9.17, 15) is 22.4 Å². The molecule has 0 aliphatic carbocycles. The second-order valence-electron chi connectivity index (χ2n) is 6.49. The first-order chi connectivity index (χ1) is 15.9. The molecule has 5 nitrogen and oxygen atoms in total. The highest BCUT2D eigenvalue weighted by Gasteiger charge is 2.22. The first kappa shape index (κ1) is 23.6. The van der Waals surface area contributed by atoms with Gasteiger partial charge < -0.3 is 9.30 Å². The third-order valence-electron chi connectivity index (χ3n) is 4.58. The van der Waals surface area contributed by atoms with Gasteiger partial charge in [-0.05, 0) is 30.3 Å². The molecule has 4 aromatic rings. The minimum absolute atomic E-state index is 0.0473. The largest absolute Gasteiger partial charge is 0.436 e. The summed E-state index contributed by atoms with van der Waals surface area (Å²) in [6.07, 6.45) is 3.69. The maximum absolute atomic E-state index is 14.4. The average molecular weight is 457 g/mol. The predicted molar refractivity (Wildman–Crippen MR) is 116 cm³/mol. The standard InChI is InChI=1S/C22H13F4N3O2.C2H6/c1-2-18(20-16(25)8-12(23)9-17(20)26)29-11-28-21(30)14-10-13(5-6-19(14)29)31-22-15(24)4-3-7-27-22;1-2/h2-11,18H,1H2;1-2H3. The van der Waals surface area contributed by atoms with E-state index in [1.165, 1.54) is 47.2 Å². The highest BCUT2D eigenvalue weighted by Crippen LogP contribution is 2.30. The number of halogens is 4. The molecule has 0 saturated carbocycles. The fraction of sp³-hybridized carbons (Fsp3) is 0.125. The minimum Gasteiger partial charge on any atom is -0.436 e. The predicted octanol–water partition coefficient (Wildman–Crippen LogP) is 5.94. The number of hydrogen-bond acceptors (Lipinski definition) is 4. The number of ether oxygens (including phenoxy) is 1. The lowest BCUT2D eigenvalue weighted by atomic mass is 10.0. The van der Waals surface area contributed by atoms with Gasteiger partial charge >= 0.3 is 0 Å². The van der Waals surface area contributed by atoms with Crippen LogP contribution in [0.4, 0.5) is 17.6 Å². The van der Waals surface area contributed by atoms with E-state index in [1.54, 1.807) is 0 Å². The van der Waals surface area contributed by atoms with E-state index >= 15 is 0 Å². The van der Waals surface area contributed by atoms with Crippen molar-refractivity contribution in [2.24, 2.45) is 0 Å². The highest BCUT2D eigenvalue weighted by molar-refractivity contribution is 5.80. The quantitative estimate of drug-likeness (QED) is 0.275. The first-order valence-electron chi connectivity index (χ1n) is 9.95. The summed E-state index contributed by atoms with van der Waals surface area (Å²) in [5.41, 5.74) is -0.845. The summed E-state index contributed by atoms with van der Waals surface area (Å²) >= 11 is 0. The van der Waals surface area contributed by atoms with Crippen molar-refractivity contribution in [3.8, 4) is 11.6 Å². The van der Waals surface area contributed by atoms with Gasteiger partial charge in [-0.15, -0.1) is 6.58 Å². The molecule has 0 amide bonds. The second kappa shape index (κ2) is 10.1. The van der Waals surface area contributed by atoms with Crippen molar-refractivity contribution in [1.82, 2.24) is 14.5 Å². The van der Waals surface area contributed by atoms with E-state index in [0.717, 1.165) is 6.33 Å². The van der Waals surface area contributed by atoms with Crippen LogP contribution in [0.15, 0.2) is 72.4 Å². The van der Waals surface area contributed by atoms with Crippen LogP contribution in [-0.4, -0.2) is 14.5 Å². The van der Waals surface area contributed by atoms with Crippen LogP contribution >= 0.6 is 0 Å². The molecule has 1 atom stereocenters. The van der Waals surface area contributed by atoms with Crippen molar-refractivity contribution in [3.63, 3.8) is 0 Å². The Morgan fingerprint density at radius 3 is 2.33 bits per heavy atom. The Balaban J connectivity index is 0.00000149. The molecule has 0 N–H and O–H groups in total. The molecular weight excluding hydrogens is 438 g/mol. The molecule has 9 heteroatoms. The molecule has 4 rings (SSSR count). The zero-order valence-corrected chi connectivity index (χ0v) is 17.7. The number of rotatable bonds is 5. The van der Waals surface area contributed by atoms with Crippen LogP contribution in [0.25, 0.3) is 10.9 Å². The number of benzene rings is 2. The molecule has 0 saturated heterocycles. The van der Waals surface area contributed by atoms with Crippen LogP contribution in [-0.2, 0) is 0 Å². The molecule has 0 fully saturated rings. The van der Waals surface area contributed by atoms with Gasteiger partial charge in [0.2, 0.25) is 0 Å². The van der Waals surface area contributed by atoms with Gasteiger partial charge in [0.15, 0.2) is 5.82 Å². The molecule has 2 aromatic heterocycles. The lowest BCUT2D eigenvalue weighted by Crippen LogP contribution is -2.18. The summed E-state index contributed by atoms with van der Waals surface area (Å²) in [6, 6.07) is 6.74. The van der Waals surface area contributed by atoms with Crippen molar-refractivity contribution < 1.29 is 22.3 Å². The Kier molecular flexibility index (Phi) is 7.22. The summed E-state index contributed by atoms with van der Waals surface area (Å²) in [7, 11) is 0. The molecule has 1 unspecified atom stereocenters. The summed E-state index contributed by atoms with van der Waals surface area (Å²) in [4.78, 5) is 19.9. The number of pyridine rings is 1. The number of nitrogens with zero attached hydrogens (tertiary/aromatic N) is 3. The number of allylic oxidation sites excluding steroid dienone is 1. The second-order valence-corrected chi connectivity index (χ2v) is 6.49. The lowest BCUT2D eigenvalue weighted by molar-refractivity contribution is 0.423. The molecule has 0 radical (unpaired) electrons. The van der Waals surface area contributed by atoms with Crippen LogP contribution in [0.2, 0.25) is 0 Å². The first-order valence-corrected chi connectivity index (χ1v) is 9.95. The lowest BCUT2D eigenvalue weighted by Gasteiger charge is -2.20. The maximum Gasteiger partial charge on any atom is 0.280 e. The summed E-state index contributed by atoms with van der Waals surface area (Å²) < 4.78 is 62.6. The number of hydrogen-bond donors (Lipinski definition) is 0. The van der Waals surface area contributed by atoms with Gasteiger partial charge in [-0.3, -0.25) is 4.79 Å². The van der Waals surface area contributed by atoms with Crippen LogP contribution in [0.1, 0.15) is 25.5 Å². The molecule has 0 spiro atoms. The van der Waals surface area contributed by atoms with Crippen LogP contribution in [0.3, 0.4) is 0 Å². The Labute approximate surface area is 186 Å². The zero-order chi connectivity index (χ0) is 24.1. The van der Waals surface area contributed by atoms with Gasteiger partial charge in [-0.1, -0.05) is 19.9 Å². The molecule has 170 valence electrons. The molecule has 33 heavy (non-hydrogen) atoms. The van der Waals surface area contributed by atoms with E-state index in [-0.39, 0.29) is 22.5 Å². The van der Waals surface area contributed by atoms with Gasteiger partial charge in [-0.25, -0.2) is 22.5 Å². The molecule has 0 aliphatic rings. The number of aromatic nitrogens is 3. The average Bonchev–Trinajstić information content (AvgIpc) is 2.80. The smallest absolute Gasteiger partial charge is 0.280 e. The van der Waals surface area contributed by atoms with E-state index < -0.39 is 40.4 Å². The van der Waals surface area contributed by atoms with Crippen molar-refractivity contribution in [3.05, 3.63) is 107 Å². The van der Waals surface area contributed by atoms with E-state index in [2.05, 4.69) is 16.5 Å². The molecular formula is C24H19F4N3O2. The maximum atomic E-state index is 14.4. The van der Waals surface area contributed by atoms with E-state index in [1.807, 2.05) is 13.8 Å². The van der Waals surface area contributed by atoms with Crippen LogP contribution < -0.4 is 10.3 Å². The van der Waals surface area contributed by atoms with E-state index in [4.69, 9.17) is 4.74 Å². The van der Waals surface area contributed by atoms with Crippen LogP contribution in [0.5, 0.6) is 11.6 Å². The fourth-order valence-corrected chi connectivity index (χ4v) is 3.21. The fourth-order valence-electron chi connectivity index (χ4n) is 3.21. The van der Waals surface area contributed by atoms with Crippen molar-refractivity contribution in [2.45, 2.75) is 19.9 Å². The summed E-state index contributed by atoms with van der Waals surface area (Å²) in [6.45, 7) is 7.60. The minimum atomic E-state index is -1.13. The van der Waals surface area contributed by atoms with E-state index in [0.29, 0.717) is 12.1 Å². The third kappa shape index (κ3) is 4.77. The Hall–Kier alpha value is -4.01. The Morgan fingerprint density at radius 1 is 1.00 bits per heavy atom. The summed E-state index contributed by atoms with van der Waals surface area (Å²) in [5.74, 6) is -4.16. The zero-order valence-electron chi connectivity index (χ0n) is 17.7. The summed E-state index contributed by atoms with van der Waals surface area (Å²) in [5, 5.41) is 0.0473. The van der Waals surface area contributed by atoms with Crippen molar-refractivity contribution >= 4 is 10.9 Å². The number of fused-ring (bicyclic) bond motifs is 1. The molecule has 0 bridgehead atoms. The van der Waals surface area contributed by atoms with Gasteiger partial charge in [0.05, 0.1) is 22.5 Å². The van der Waals surface area contributed by atoms with Crippen molar-refractivity contribution in [2.75, 3.05) is 0 Å². The molecule has 2 heterocycles. The SMILES string of the molecule is C=CC(c1c(F)cc(F)cc1F)n1cnc(=O)c2cc(Oc3ncccc3F)ccc21.CC. The van der Waals surface area contributed by atoms with Gasteiger partial charge in [0, 0.05) is 18.3 Å². The van der Waals surface area contributed by atoms with Crippen molar-refractivity contribution in [1.29, 1.82) is 0 Å². The van der Waals surface area contributed by atoms with Gasteiger partial charge in [0.1, 0.15) is 29.5 Å². The van der Waals surface area contributed by atoms with Gasteiger partial charge in [0.25, 0.3) is 11.4 Å². The Bertz CT molecular complexity index is 1350. The normalized spacial score (nSPS) is 11.5. The topological polar surface area (TPSA) is 57.0 Å². The monoisotopic (exact) mass is 457 g/mol. The highest BCUT2D eigenvalue weighted by atomic mass is 19.1. The third-order valence-corrected chi connectivity index (χ3v) is 4.58. The van der Waals surface area contributed by atoms with Gasteiger partial charge in [-0.2, -0.15) is 4.98 Å². The molecule has 0 aliphatic heterocycles. The van der Waals surface area contributed by atoms with Crippen LogP contribution in [0, 0.1) is 23.3 Å².